The Hall–Kier alpha value is -3.42. The molecule has 8 nitrogen and oxygen atoms in total. The molecule has 0 atom stereocenters. The quantitative estimate of drug-likeness (QED) is 0.557. The average Bonchev–Trinajstić information content (AvgIpc) is 2.60. The maximum Gasteiger partial charge on any atom is 0.384 e. The van der Waals surface area contributed by atoms with Crippen molar-refractivity contribution in [3.63, 3.8) is 0 Å². The minimum Gasteiger partial charge on any atom is -0.462 e. The molecule has 3 aromatic rings. The molecule has 0 unspecified atom stereocenters. The number of nitrogens with zero attached hydrogens (tertiary/aromatic N) is 3. The molecule has 0 radical (unpaired) electrons. The molecule has 1 aromatic carbocycles. The molecule has 0 aliphatic rings. The molecule has 2 N–H and O–H groups in total. The van der Waals surface area contributed by atoms with E-state index >= 15 is 0 Å². The molecule has 3 rings (SSSR count). The van der Waals surface area contributed by atoms with Gasteiger partial charge in [0.2, 0.25) is 0 Å². The number of hydrogen-bond donors (Lipinski definition) is 2. The molecule has 2 heterocycles. The third kappa shape index (κ3) is 2.89. The summed E-state index contributed by atoms with van der Waals surface area (Å²) < 4.78 is 5.31. The third-order valence-corrected chi connectivity index (χ3v) is 3.29. The lowest BCUT2D eigenvalue weighted by Crippen LogP contribution is -2.23. The van der Waals surface area contributed by atoms with Crippen molar-refractivity contribution in [3.8, 4) is 0 Å². The predicted octanol–water partition coefficient (Wildman–Crippen LogP) is 1.95. The van der Waals surface area contributed by atoms with Crippen LogP contribution in [0.25, 0.3) is 11.0 Å². The number of esters is 1. The zero-order chi connectivity index (χ0) is 17.1. The lowest BCUT2D eigenvalue weighted by Gasteiger charge is -2.10. The molecule has 0 aliphatic heterocycles. The number of hydrogen-bond acceptors (Lipinski definition) is 7. The van der Waals surface area contributed by atoms with Gasteiger partial charge in [0.25, 0.3) is 0 Å². The summed E-state index contributed by atoms with van der Waals surface area (Å²) in [5, 5.41) is 13.2. The lowest BCUT2D eigenvalue weighted by molar-refractivity contribution is 0.0526. The number of rotatable bonds is 4. The zero-order valence-corrected chi connectivity index (χ0v) is 12.8. The standard InChI is InChI=1S/C16H14N4O4/c1-2-24-15(21)10-5-7-11(8-6-10)18-13-12-4-3-9-17-14(12)20(23)16(22)19-13/h3-9,23H,2H2,1H3,(H,18,19,22). The van der Waals surface area contributed by atoms with Gasteiger partial charge in [-0.1, -0.05) is 0 Å². The van der Waals surface area contributed by atoms with Crippen LogP contribution in [0.2, 0.25) is 0 Å². The third-order valence-electron chi connectivity index (χ3n) is 3.29. The Morgan fingerprint density at radius 1 is 1.29 bits per heavy atom. The second-order valence-electron chi connectivity index (χ2n) is 4.85. The normalized spacial score (nSPS) is 10.5. The SMILES string of the molecule is CCOC(=O)c1ccc(Nc2nc(=O)n(O)c3ncccc23)cc1. The molecule has 0 saturated carbocycles. The van der Waals surface area contributed by atoms with Crippen molar-refractivity contribution in [2.45, 2.75) is 6.92 Å². The Bertz CT molecular complexity index is 950. The number of pyridine rings is 1. The van der Waals surface area contributed by atoms with E-state index in [1.165, 1.54) is 6.20 Å². The van der Waals surface area contributed by atoms with Crippen LogP contribution in [0.1, 0.15) is 17.3 Å². The molecule has 2 aromatic heterocycles. The highest BCUT2D eigenvalue weighted by molar-refractivity contribution is 5.91. The molecule has 24 heavy (non-hydrogen) atoms. The van der Waals surface area contributed by atoms with Crippen molar-refractivity contribution in [2.24, 2.45) is 0 Å². The number of carbonyl (C=O) groups excluding carboxylic acids is 1. The van der Waals surface area contributed by atoms with E-state index in [0.717, 1.165) is 0 Å². The number of benzene rings is 1. The van der Waals surface area contributed by atoms with E-state index in [1.54, 1.807) is 43.3 Å². The van der Waals surface area contributed by atoms with Crippen molar-refractivity contribution >= 4 is 28.5 Å². The Balaban J connectivity index is 1.94. The summed E-state index contributed by atoms with van der Waals surface area (Å²) in [6.07, 6.45) is 1.46. The van der Waals surface area contributed by atoms with Crippen molar-refractivity contribution < 1.29 is 14.7 Å². The number of aromatic nitrogens is 3. The Morgan fingerprint density at radius 2 is 2.04 bits per heavy atom. The monoisotopic (exact) mass is 326 g/mol. The number of fused-ring (bicyclic) bond motifs is 1. The first-order chi connectivity index (χ1) is 11.6. The van der Waals surface area contributed by atoms with E-state index in [4.69, 9.17) is 4.74 Å². The molecule has 0 fully saturated rings. The van der Waals surface area contributed by atoms with E-state index < -0.39 is 11.7 Å². The molecule has 0 aliphatic carbocycles. The van der Waals surface area contributed by atoms with Gasteiger partial charge in [-0.25, -0.2) is 14.6 Å². The van der Waals surface area contributed by atoms with E-state index in [0.29, 0.717) is 28.0 Å². The average molecular weight is 326 g/mol. The van der Waals surface area contributed by atoms with Crippen molar-refractivity contribution in [1.82, 2.24) is 14.7 Å². The lowest BCUT2D eigenvalue weighted by atomic mass is 10.2. The highest BCUT2D eigenvalue weighted by atomic mass is 16.5. The molecule has 122 valence electrons. The molecule has 0 amide bonds. The van der Waals surface area contributed by atoms with E-state index in [9.17, 15) is 14.8 Å². The second-order valence-corrected chi connectivity index (χ2v) is 4.85. The van der Waals surface area contributed by atoms with Crippen LogP contribution >= 0.6 is 0 Å². The highest BCUT2D eigenvalue weighted by Crippen LogP contribution is 2.21. The van der Waals surface area contributed by atoms with Crippen LogP contribution < -0.4 is 11.0 Å². The number of nitrogens with one attached hydrogen (secondary N) is 1. The zero-order valence-electron chi connectivity index (χ0n) is 12.8. The van der Waals surface area contributed by atoms with Crippen molar-refractivity contribution in [1.29, 1.82) is 0 Å². The van der Waals surface area contributed by atoms with Crippen molar-refractivity contribution in [3.05, 3.63) is 58.6 Å². The minimum absolute atomic E-state index is 0.100. The Morgan fingerprint density at radius 3 is 2.75 bits per heavy atom. The van der Waals surface area contributed by atoms with Gasteiger partial charge in [0.1, 0.15) is 5.82 Å². The van der Waals surface area contributed by atoms with Gasteiger partial charge >= 0.3 is 11.7 Å². The summed E-state index contributed by atoms with van der Waals surface area (Å²) in [4.78, 5) is 31.1. The summed E-state index contributed by atoms with van der Waals surface area (Å²) in [6, 6.07) is 9.89. The topological polar surface area (TPSA) is 106 Å². The fourth-order valence-corrected chi connectivity index (χ4v) is 2.18. The molecular formula is C16H14N4O4. The van der Waals surface area contributed by atoms with Gasteiger partial charge in [0.15, 0.2) is 5.65 Å². The van der Waals surface area contributed by atoms with Gasteiger partial charge in [0, 0.05) is 11.9 Å². The van der Waals surface area contributed by atoms with Crippen LogP contribution in [0, 0.1) is 0 Å². The first-order valence-corrected chi connectivity index (χ1v) is 7.21. The van der Waals surface area contributed by atoms with Gasteiger partial charge < -0.3 is 15.3 Å². The fraction of sp³-hybridized carbons (Fsp3) is 0.125. The summed E-state index contributed by atoms with van der Waals surface area (Å²) in [7, 11) is 0. The maximum absolute atomic E-state index is 11.7. The van der Waals surface area contributed by atoms with Gasteiger partial charge in [-0.2, -0.15) is 4.98 Å². The largest absolute Gasteiger partial charge is 0.462 e. The van der Waals surface area contributed by atoms with Crippen LogP contribution in [-0.2, 0) is 4.74 Å². The Labute approximate surface area is 136 Å². The minimum atomic E-state index is -0.841. The fourth-order valence-electron chi connectivity index (χ4n) is 2.18. The van der Waals surface area contributed by atoms with Crippen LogP contribution in [-0.4, -0.2) is 32.5 Å². The summed E-state index contributed by atoms with van der Waals surface area (Å²) in [6.45, 7) is 2.04. The second kappa shape index (κ2) is 6.37. The van der Waals surface area contributed by atoms with Gasteiger partial charge in [-0.05, 0) is 43.3 Å². The van der Waals surface area contributed by atoms with Crippen LogP contribution in [0.15, 0.2) is 47.4 Å². The summed E-state index contributed by atoms with van der Waals surface area (Å²) >= 11 is 0. The molecule has 0 spiro atoms. The molecule has 0 saturated heterocycles. The first kappa shape index (κ1) is 15.5. The number of carbonyl (C=O) groups is 1. The smallest absolute Gasteiger partial charge is 0.384 e. The van der Waals surface area contributed by atoms with Crippen LogP contribution in [0.5, 0.6) is 0 Å². The molecular weight excluding hydrogens is 312 g/mol. The Kier molecular flexibility index (Phi) is 4.11. The van der Waals surface area contributed by atoms with Crippen LogP contribution in [0.4, 0.5) is 11.5 Å². The first-order valence-electron chi connectivity index (χ1n) is 7.21. The van der Waals surface area contributed by atoms with Crippen molar-refractivity contribution in [2.75, 3.05) is 11.9 Å². The molecule has 0 bridgehead atoms. The van der Waals surface area contributed by atoms with E-state index in [2.05, 4.69) is 15.3 Å². The predicted molar refractivity (Wildman–Crippen MR) is 86.7 cm³/mol. The highest BCUT2D eigenvalue weighted by Gasteiger charge is 2.11. The number of ether oxygens (including phenoxy) is 1. The van der Waals surface area contributed by atoms with Gasteiger partial charge in [-0.3, -0.25) is 0 Å². The van der Waals surface area contributed by atoms with E-state index in [1.807, 2.05) is 0 Å². The molecule has 8 heteroatoms. The number of anilines is 2. The van der Waals surface area contributed by atoms with E-state index in [-0.39, 0.29) is 11.5 Å². The van der Waals surface area contributed by atoms with Gasteiger partial charge in [0.05, 0.1) is 17.6 Å². The summed E-state index contributed by atoms with van der Waals surface area (Å²) in [5.41, 5.74) is 0.304. The van der Waals surface area contributed by atoms with Gasteiger partial charge in [-0.15, -0.1) is 4.73 Å². The summed E-state index contributed by atoms with van der Waals surface area (Å²) in [5.74, 6) is -0.142. The maximum atomic E-state index is 11.7. The van der Waals surface area contributed by atoms with Crippen LogP contribution in [0.3, 0.4) is 0 Å².